The maximum Gasteiger partial charge on any atom is 0.231 e. The van der Waals surface area contributed by atoms with Crippen LogP contribution in [0.25, 0.3) is 0 Å². The SMILES string of the molecule is COC1CCC(OC)C(N=C2NC(=O)C3CCCNC3S2)C1. The van der Waals surface area contributed by atoms with E-state index in [-0.39, 0.29) is 35.4 Å². The van der Waals surface area contributed by atoms with Crippen LogP contribution in [-0.2, 0) is 14.3 Å². The molecule has 6 nitrogen and oxygen atoms in total. The molecule has 5 atom stereocenters. The quantitative estimate of drug-likeness (QED) is 0.812. The summed E-state index contributed by atoms with van der Waals surface area (Å²) in [6, 6.07) is 0.0478. The Kier molecular flexibility index (Phi) is 5.38. The van der Waals surface area contributed by atoms with Crippen LogP contribution in [0.3, 0.4) is 0 Å². The van der Waals surface area contributed by atoms with E-state index in [2.05, 4.69) is 10.6 Å². The van der Waals surface area contributed by atoms with Crippen LogP contribution in [0, 0.1) is 5.92 Å². The second kappa shape index (κ2) is 7.29. The van der Waals surface area contributed by atoms with Gasteiger partial charge in [0.25, 0.3) is 0 Å². The van der Waals surface area contributed by atoms with Gasteiger partial charge in [-0.2, -0.15) is 0 Å². The van der Waals surface area contributed by atoms with Crippen LogP contribution in [0.4, 0.5) is 0 Å². The molecule has 1 saturated carbocycles. The molecular weight excluding hydrogens is 302 g/mol. The lowest BCUT2D eigenvalue weighted by atomic mass is 9.90. The first kappa shape index (κ1) is 16.2. The standard InChI is InChI=1S/C15H25N3O3S/c1-20-9-5-6-12(21-2)11(8-9)17-15-18-13(19)10-4-3-7-16-14(10)22-15/h9-12,14,16H,3-8H2,1-2H3,(H,17,18,19). The maximum absolute atomic E-state index is 12.3. The van der Waals surface area contributed by atoms with E-state index in [1.807, 2.05) is 0 Å². The molecule has 0 spiro atoms. The van der Waals surface area contributed by atoms with Gasteiger partial charge in [-0.25, -0.2) is 0 Å². The first-order valence-corrected chi connectivity index (χ1v) is 8.93. The Hall–Kier alpha value is -0.630. The number of hydrogen-bond acceptors (Lipinski definition) is 6. The highest BCUT2D eigenvalue weighted by Gasteiger charge is 2.38. The molecular formula is C15H25N3O3S. The Morgan fingerprint density at radius 3 is 2.86 bits per heavy atom. The molecule has 0 aromatic rings. The number of methoxy groups -OCH3 is 2. The number of fused-ring (bicyclic) bond motifs is 1. The Labute approximate surface area is 135 Å². The van der Waals surface area contributed by atoms with Crippen molar-refractivity contribution >= 4 is 22.8 Å². The number of carbonyl (C=O) groups is 1. The summed E-state index contributed by atoms with van der Waals surface area (Å²) in [5.41, 5.74) is 0. The third-order valence-corrected chi connectivity index (χ3v) is 6.01. The van der Waals surface area contributed by atoms with Gasteiger partial charge in [0, 0.05) is 14.2 Å². The van der Waals surface area contributed by atoms with Gasteiger partial charge in [-0.3, -0.25) is 9.79 Å². The van der Waals surface area contributed by atoms with Crippen molar-refractivity contribution in [1.29, 1.82) is 0 Å². The number of carbonyl (C=O) groups excluding carboxylic acids is 1. The zero-order valence-corrected chi connectivity index (χ0v) is 14.0. The van der Waals surface area contributed by atoms with Crippen LogP contribution in [0.1, 0.15) is 32.1 Å². The molecule has 0 bridgehead atoms. The van der Waals surface area contributed by atoms with Crippen LogP contribution in [-0.4, -0.2) is 55.5 Å². The number of amidine groups is 1. The Balaban J connectivity index is 1.71. The minimum atomic E-state index is 0.0478. The summed E-state index contributed by atoms with van der Waals surface area (Å²) in [7, 11) is 3.48. The van der Waals surface area contributed by atoms with Crippen molar-refractivity contribution in [3.05, 3.63) is 0 Å². The molecule has 3 rings (SSSR count). The fourth-order valence-electron chi connectivity index (χ4n) is 3.52. The molecule has 2 heterocycles. The number of thioether (sulfide) groups is 1. The summed E-state index contributed by atoms with van der Waals surface area (Å²) in [4.78, 5) is 17.0. The highest BCUT2D eigenvalue weighted by Crippen LogP contribution is 2.32. The van der Waals surface area contributed by atoms with Gasteiger partial charge in [0.1, 0.15) is 0 Å². The number of piperidine rings is 1. The number of aliphatic imine (C=N–C) groups is 1. The Morgan fingerprint density at radius 1 is 1.23 bits per heavy atom. The summed E-state index contributed by atoms with van der Waals surface area (Å²) < 4.78 is 11.1. The fourth-order valence-corrected chi connectivity index (χ4v) is 4.74. The van der Waals surface area contributed by atoms with E-state index in [9.17, 15) is 4.79 Å². The van der Waals surface area contributed by atoms with Gasteiger partial charge in [0.2, 0.25) is 5.91 Å². The minimum absolute atomic E-state index is 0.0478. The van der Waals surface area contributed by atoms with Crippen molar-refractivity contribution < 1.29 is 14.3 Å². The predicted molar refractivity (Wildman–Crippen MR) is 86.9 cm³/mol. The van der Waals surface area contributed by atoms with Crippen molar-refractivity contribution in [2.24, 2.45) is 10.9 Å². The summed E-state index contributed by atoms with van der Waals surface area (Å²) in [5.74, 6) is 0.164. The zero-order valence-electron chi connectivity index (χ0n) is 13.2. The predicted octanol–water partition coefficient (Wildman–Crippen LogP) is 1.11. The van der Waals surface area contributed by atoms with E-state index in [4.69, 9.17) is 14.5 Å². The van der Waals surface area contributed by atoms with Crippen molar-refractivity contribution in [2.45, 2.75) is 55.7 Å². The van der Waals surface area contributed by atoms with E-state index in [0.29, 0.717) is 0 Å². The third kappa shape index (κ3) is 3.48. The molecule has 3 fully saturated rings. The van der Waals surface area contributed by atoms with Crippen molar-refractivity contribution in [3.63, 3.8) is 0 Å². The minimum Gasteiger partial charge on any atom is -0.381 e. The lowest BCUT2D eigenvalue weighted by molar-refractivity contribution is -0.124. The number of nitrogens with zero attached hydrogens (tertiary/aromatic N) is 1. The number of hydrogen-bond donors (Lipinski definition) is 2. The molecule has 1 aliphatic carbocycles. The second-order valence-electron chi connectivity index (χ2n) is 6.18. The fraction of sp³-hybridized carbons (Fsp3) is 0.867. The van der Waals surface area contributed by atoms with Crippen LogP contribution in [0.15, 0.2) is 4.99 Å². The summed E-state index contributed by atoms with van der Waals surface area (Å²) >= 11 is 1.64. The summed E-state index contributed by atoms with van der Waals surface area (Å²) in [6.45, 7) is 0.977. The van der Waals surface area contributed by atoms with Crippen molar-refractivity contribution in [1.82, 2.24) is 10.6 Å². The molecule has 0 aromatic carbocycles. The van der Waals surface area contributed by atoms with Gasteiger partial charge < -0.3 is 20.1 Å². The molecule has 0 aromatic heterocycles. The molecule has 0 radical (unpaired) electrons. The van der Waals surface area contributed by atoms with Crippen molar-refractivity contribution in [3.8, 4) is 0 Å². The first-order valence-electron chi connectivity index (χ1n) is 8.05. The van der Waals surface area contributed by atoms with Crippen LogP contribution in [0.2, 0.25) is 0 Å². The van der Waals surface area contributed by atoms with Crippen LogP contribution < -0.4 is 10.6 Å². The normalized spacial score (nSPS) is 41.1. The Bertz CT molecular complexity index is 446. The number of rotatable bonds is 3. The average molecular weight is 327 g/mol. The molecule has 7 heteroatoms. The van der Waals surface area contributed by atoms with Crippen molar-refractivity contribution in [2.75, 3.05) is 20.8 Å². The molecule has 2 N–H and O–H groups in total. The number of ether oxygens (including phenoxy) is 2. The lowest BCUT2D eigenvalue weighted by Crippen LogP contribution is -2.53. The van der Waals surface area contributed by atoms with Gasteiger partial charge in [-0.1, -0.05) is 11.8 Å². The van der Waals surface area contributed by atoms with E-state index >= 15 is 0 Å². The molecule has 5 unspecified atom stereocenters. The molecule has 3 aliphatic rings. The third-order valence-electron chi connectivity index (χ3n) is 4.83. The zero-order chi connectivity index (χ0) is 15.5. The number of nitrogens with one attached hydrogen (secondary N) is 2. The van der Waals surface area contributed by atoms with Gasteiger partial charge in [0.05, 0.1) is 29.5 Å². The Morgan fingerprint density at radius 2 is 2.09 bits per heavy atom. The average Bonchev–Trinajstić information content (AvgIpc) is 2.55. The second-order valence-corrected chi connectivity index (χ2v) is 7.31. The molecule has 2 aliphatic heterocycles. The first-order chi connectivity index (χ1) is 10.7. The van der Waals surface area contributed by atoms with Gasteiger partial charge >= 0.3 is 0 Å². The van der Waals surface area contributed by atoms with Crippen LogP contribution in [0.5, 0.6) is 0 Å². The monoisotopic (exact) mass is 327 g/mol. The smallest absolute Gasteiger partial charge is 0.231 e. The molecule has 22 heavy (non-hydrogen) atoms. The van der Waals surface area contributed by atoms with E-state index < -0.39 is 0 Å². The summed E-state index contributed by atoms with van der Waals surface area (Å²) in [6.07, 6.45) is 5.14. The molecule has 1 amide bonds. The molecule has 2 saturated heterocycles. The van der Waals surface area contributed by atoms with E-state index in [0.717, 1.165) is 43.8 Å². The highest BCUT2D eigenvalue weighted by molar-refractivity contribution is 8.14. The van der Waals surface area contributed by atoms with Gasteiger partial charge in [-0.15, -0.1) is 0 Å². The lowest BCUT2D eigenvalue weighted by Gasteiger charge is -2.37. The summed E-state index contributed by atoms with van der Waals surface area (Å²) in [5, 5.41) is 7.29. The number of amides is 1. The molecule has 124 valence electrons. The highest BCUT2D eigenvalue weighted by atomic mass is 32.2. The van der Waals surface area contributed by atoms with Crippen LogP contribution >= 0.6 is 11.8 Å². The topological polar surface area (TPSA) is 72.0 Å². The largest absolute Gasteiger partial charge is 0.381 e. The van der Waals surface area contributed by atoms with E-state index in [1.165, 1.54) is 0 Å². The van der Waals surface area contributed by atoms with Gasteiger partial charge in [-0.05, 0) is 38.6 Å². The maximum atomic E-state index is 12.3. The van der Waals surface area contributed by atoms with E-state index in [1.54, 1.807) is 26.0 Å². The van der Waals surface area contributed by atoms with Gasteiger partial charge in [0.15, 0.2) is 5.17 Å².